The number of amides is 1. The summed E-state index contributed by atoms with van der Waals surface area (Å²) in [6.45, 7) is 0. The van der Waals surface area contributed by atoms with Gasteiger partial charge in [-0.05, 0) is 64.0 Å². The standard InChI is InChI=1S/C31H21BrN4O2S/c32-22-13-15-23(16-14-22)36-30(38)26-11-5-6-12-28(26)34-31(36)39-19-29(37)35-33-18-27-24-9-3-1-7-20(24)17-21-8-2-4-10-25(21)27/h1-18H,19H2,(H,35,37). The van der Waals surface area contributed by atoms with Gasteiger partial charge < -0.3 is 0 Å². The fourth-order valence-corrected chi connectivity index (χ4v) is 5.62. The maximum absolute atomic E-state index is 13.4. The molecule has 190 valence electrons. The van der Waals surface area contributed by atoms with E-state index in [1.54, 1.807) is 18.3 Å². The van der Waals surface area contributed by atoms with E-state index in [2.05, 4.69) is 44.7 Å². The fraction of sp³-hybridized carbons (Fsp3) is 0.0323. The van der Waals surface area contributed by atoms with Crippen molar-refractivity contribution >= 4 is 72.3 Å². The average Bonchev–Trinajstić information content (AvgIpc) is 2.96. The molecule has 0 aliphatic carbocycles. The van der Waals surface area contributed by atoms with Gasteiger partial charge in [-0.1, -0.05) is 88.4 Å². The van der Waals surface area contributed by atoms with Crippen LogP contribution in [0.25, 0.3) is 38.1 Å². The predicted molar refractivity (Wildman–Crippen MR) is 163 cm³/mol. The number of aromatic nitrogens is 2. The number of carbonyl (C=O) groups is 1. The first-order valence-corrected chi connectivity index (χ1v) is 14.0. The largest absolute Gasteiger partial charge is 0.272 e. The van der Waals surface area contributed by atoms with Crippen LogP contribution in [0.5, 0.6) is 0 Å². The number of fused-ring (bicyclic) bond motifs is 3. The van der Waals surface area contributed by atoms with Gasteiger partial charge in [0.25, 0.3) is 11.5 Å². The zero-order valence-electron chi connectivity index (χ0n) is 20.5. The van der Waals surface area contributed by atoms with E-state index in [-0.39, 0.29) is 17.2 Å². The molecular formula is C31H21BrN4O2S. The van der Waals surface area contributed by atoms with Gasteiger partial charge >= 0.3 is 0 Å². The van der Waals surface area contributed by atoms with E-state index < -0.39 is 0 Å². The first kappa shape index (κ1) is 25.0. The smallest absolute Gasteiger partial charge is 0.266 e. The molecule has 0 aliphatic heterocycles. The zero-order valence-corrected chi connectivity index (χ0v) is 22.9. The van der Waals surface area contributed by atoms with E-state index in [0.717, 1.165) is 31.6 Å². The number of thioether (sulfide) groups is 1. The maximum atomic E-state index is 13.4. The lowest BCUT2D eigenvalue weighted by Gasteiger charge is -2.13. The van der Waals surface area contributed by atoms with Crippen molar-refractivity contribution in [2.24, 2.45) is 5.10 Å². The monoisotopic (exact) mass is 592 g/mol. The van der Waals surface area contributed by atoms with Crippen LogP contribution in [0.2, 0.25) is 0 Å². The summed E-state index contributed by atoms with van der Waals surface area (Å²) in [6.07, 6.45) is 1.69. The van der Waals surface area contributed by atoms with Crippen molar-refractivity contribution in [2.45, 2.75) is 5.16 Å². The molecule has 6 rings (SSSR count). The van der Waals surface area contributed by atoms with Gasteiger partial charge in [0, 0.05) is 10.0 Å². The van der Waals surface area contributed by atoms with Gasteiger partial charge in [0.2, 0.25) is 0 Å². The van der Waals surface area contributed by atoms with Gasteiger partial charge in [-0.25, -0.2) is 10.4 Å². The van der Waals surface area contributed by atoms with E-state index in [1.165, 1.54) is 16.3 Å². The number of benzene rings is 5. The summed E-state index contributed by atoms with van der Waals surface area (Å²) in [5.74, 6) is -0.264. The number of rotatable bonds is 6. The summed E-state index contributed by atoms with van der Waals surface area (Å²) in [6, 6.07) is 33.0. The number of carbonyl (C=O) groups excluding carboxylic acids is 1. The van der Waals surface area contributed by atoms with Crippen LogP contribution in [-0.2, 0) is 4.79 Å². The van der Waals surface area contributed by atoms with Gasteiger partial charge in [0.05, 0.1) is 28.6 Å². The lowest BCUT2D eigenvalue weighted by atomic mass is 9.97. The average molecular weight is 594 g/mol. The third kappa shape index (κ3) is 5.08. The molecule has 0 radical (unpaired) electrons. The molecule has 0 unspecified atom stereocenters. The lowest BCUT2D eigenvalue weighted by molar-refractivity contribution is -0.118. The predicted octanol–water partition coefficient (Wildman–Crippen LogP) is 6.70. The molecule has 1 amide bonds. The molecule has 1 heterocycles. The maximum Gasteiger partial charge on any atom is 0.266 e. The molecule has 6 aromatic rings. The highest BCUT2D eigenvalue weighted by Crippen LogP contribution is 2.27. The second-order valence-electron chi connectivity index (χ2n) is 8.84. The normalized spacial score (nSPS) is 11.5. The topological polar surface area (TPSA) is 76.3 Å². The molecule has 0 saturated carbocycles. The molecule has 0 fully saturated rings. The van der Waals surface area contributed by atoms with Crippen molar-refractivity contribution in [1.82, 2.24) is 15.0 Å². The second kappa shape index (κ2) is 10.8. The van der Waals surface area contributed by atoms with Crippen molar-refractivity contribution in [3.05, 3.63) is 124 Å². The summed E-state index contributed by atoms with van der Waals surface area (Å²) in [7, 11) is 0. The second-order valence-corrected chi connectivity index (χ2v) is 10.7. The Bertz CT molecular complexity index is 1900. The highest BCUT2D eigenvalue weighted by atomic mass is 79.9. The molecule has 0 aliphatic rings. The third-order valence-corrected chi connectivity index (χ3v) is 7.83. The molecule has 0 atom stereocenters. The minimum atomic E-state index is -0.300. The minimum absolute atomic E-state index is 0.0366. The molecule has 0 saturated heterocycles. The Balaban J connectivity index is 1.26. The molecule has 6 nitrogen and oxygen atoms in total. The molecule has 1 N–H and O–H groups in total. The van der Waals surface area contributed by atoms with Crippen molar-refractivity contribution < 1.29 is 4.79 Å². The van der Waals surface area contributed by atoms with Gasteiger partial charge in [-0.2, -0.15) is 5.10 Å². The van der Waals surface area contributed by atoms with Crippen molar-refractivity contribution in [2.75, 3.05) is 5.75 Å². The first-order chi connectivity index (χ1) is 19.1. The third-order valence-electron chi connectivity index (χ3n) is 6.36. The van der Waals surface area contributed by atoms with Crippen LogP contribution in [0, 0.1) is 0 Å². The van der Waals surface area contributed by atoms with E-state index in [0.29, 0.717) is 21.7 Å². The molecule has 1 aromatic heterocycles. The van der Waals surface area contributed by atoms with Crippen molar-refractivity contribution in [1.29, 1.82) is 0 Å². The summed E-state index contributed by atoms with van der Waals surface area (Å²) in [4.78, 5) is 30.9. The van der Waals surface area contributed by atoms with Gasteiger partial charge in [-0.15, -0.1) is 0 Å². The fourth-order valence-electron chi connectivity index (χ4n) is 4.55. The molecule has 39 heavy (non-hydrogen) atoms. The van der Waals surface area contributed by atoms with Crippen LogP contribution in [0.15, 0.2) is 123 Å². The van der Waals surface area contributed by atoms with E-state index in [1.807, 2.05) is 72.8 Å². The number of hydrazone groups is 1. The van der Waals surface area contributed by atoms with Crippen LogP contribution in [0.1, 0.15) is 5.56 Å². The molecule has 8 heteroatoms. The van der Waals surface area contributed by atoms with Crippen LogP contribution >= 0.6 is 27.7 Å². The summed E-state index contributed by atoms with van der Waals surface area (Å²) in [5, 5.41) is 9.55. The molecule has 5 aromatic carbocycles. The number of nitrogens with zero attached hydrogens (tertiary/aromatic N) is 3. The Morgan fingerprint density at radius 1 is 0.872 bits per heavy atom. The summed E-state index contributed by atoms with van der Waals surface area (Å²) >= 11 is 4.63. The Morgan fingerprint density at radius 2 is 1.49 bits per heavy atom. The van der Waals surface area contributed by atoms with Gasteiger partial charge in [-0.3, -0.25) is 14.2 Å². The summed E-state index contributed by atoms with van der Waals surface area (Å²) in [5.41, 5.74) is 4.65. The number of para-hydroxylation sites is 1. The highest BCUT2D eigenvalue weighted by molar-refractivity contribution is 9.10. The molecular weight excluding hydrogens is 572 g/mol. The van der Waals surface area contributed by atoms with Crippen molar-refractivity contribution in [3.8, 4) is 5.69 Å². The van der Waals surface area contributed by atoms with E-state index in [4.69, 9.17) is 4.98 Å². The van der Waals surface area contributed by atoms with Crippen LogP contribution in [-0.4, -0.2) is 27.4 Å². The Labute approximate surface area is 236 Å². The highest BCUT2D eigenvalue weighted by Gasteiger charge is 2.15. The minimum Gasteiger partial charge on any atom is -0.272 e. The van der Waals surface area contributed by atoms with Crippen LogP contribution in [0.4, 0.5) is 0 Å². The summed E-state index contributed by atoms with van der Waals surface area (Å²) < 4.78 is 2.44. The van der Waals surface area contributed by atoms with Crippen LogP contribution in [0.3, 0.4) is 0 Å². The lowest BCUT2D eigenvalue weighted by Crippen LogP contribution is -2.24. The quantitative estimate of drug-likeness (QED) is 0.0767. The molecule has 0 spiro atoms. The number of nitrogens with one attached hydrogen (secondary N) is 1. The molecule has 0 bridgehead atoms. The Kier molecular flexibility index (Phi) is 6.96. The Morgan fingerprint density at radius 3 is 2.18 bits per heavy atom. The number of halogens is 1. The Hall–Kier alpha value is -4.27. The van der Waals surface area contributed by atoms with E-state index in [9.17, 15) is 9.59 Å². The van der Waals surface area contributed by atoms with Crippen LogP contribution < -0.4 is 11.0 Å². The SMILES string of the molecule is O=C(CSc1nc2ccccc2c(=O)n1-c1ccc(Br)cc1)NN=Cc1c2ccccc2cc2ccccc12. The number of hydrogen-bond donors (Lipinski definition) is 1. The van der Waals surface area contributed by atoms with E-state index >= 15 is 0 Å². The first-order valence-electron chi connectivity index (χ1n) is 12.2. The zero-order chi connectivity index (χ0) is 26.8. The van der Waals surface area contributed by atoms with Crippen molar-refractivity contribution in [3.63, 3.8) is 0 Å². The van der Waals surface area contributed by atoms with Gasteiger partial charge in [0.1, 0.15) is 0 Å². The van der Waals surface area contributed by atoms with Gasteiger partial charge in [0.15, 0.2) is 5.16 Å². The number of hydrogen-bond acceptors (Lipinski definition) is 5.